The average molecular weight is 922 g/mol. The standard InChI is InChI=1S/C37H62O6S2.C16H30S/c1-4-6-8-10-12-14-16-18-20-22-24-26-28-44-32-36(39)41-30-35(43-34(3)38)31-42-37(40)33-45-29-27-25-23-21-19-17-15-13-11-9-7-5-2;1-3-5-6-7-8-9-10-11-12-13-14-15-16-17-4-2/h35H,4-5,10-33H2,1-3H3;3-4,7-16H2,1-2H3. The lowest BCUT2D eigenvalue weighted by Gasteiger charge is -2.17. The van der Waals surface area contributed by atoms with E-state index in [2.05, 4.69) is 75.0 Å². The first-order valence-corrected chi connectivity index (χ1v) is 28.5. The summed E-state index contributed by atoms with van der Waals surface area (Å²) in [7, 11) is 0. The van der Waals surface area contributed by atoms with E-state index >= 15 is 0 Å². The molecule has 0 amide bonds. The molecule has 0 radical (unpaired) electrons. The SMILES string of the molecule is CCC#CCCCCCCCCCCSCC.CCC#CCCCCCCCCCCSCC(=O)OCC(COC(=O)CSCCCCCCCCCCC#CCC)OC(C)=O. The predicted molar refractivity (Wildman–Crippen MR) is 274 cm³/mol. The van der Waals surface area contributed by atoms with Crippen molar-refractivity contribution in [3.63, 3.8) is 0 Å². The number of carbonyl (C=O) groups excluding carboxylic acids is 3. The van der Waals surface area contributed by atoms with Gasteiger partial charge in [0.1, 0.15) is 13.2 Å². The number of ether oxygens (including phenoxy) is 3. The summed E-state index contributed by atoms with van der Waals surface area (Å²) in [5.41, 5.74) is 0. The van der Waals surface area contributed by atoms with Gasteiger partial charge in [0.15, 0.2) is 6.10 Å². The second-order valence-corrected chi connectivity index (χ2v) is 19.4. The van der Waals surface area contributed by atoms with Gasteiger partial charge in [0.25, 0.3) is 0 Å². The third-order valence-corrected chi connectivity index (χ3v) is 12.8. The van der Waals surface area contributed by atoms with Gasteiger partial charge in [-0.05, 0) is 61.5 Å². The fraction of sp³-hybridized carbons (Fsp3) is 0.830. The van der Waals surface area contributed by atoms with Gasteiger partial charge in [-0.25, -0.2) is 0 Å². The van der Waals surface area contributed by atoms with Crippen LogP contribution in [0.15, 0.2) is 0 Å². The Balaban J connectivity index is 0. The number of hydrogen-bond donors (Lipinski definition) is 0. The topological polar surface area (TPSA) is 78.9 Å². The lowest BCUT2D eigenvalue weighted by molar-refractivity contribution is -0.163. The van der Waals surface area contributed by atoms with Crippen molar-refractivity contribution >= 4 is 53.2 Å². The van der Waals surface area contributed by atoms with Gasteiger partial charge in [0.2, 0.25) is 0 Å². The molecule has 0 spiro atoms. The molecule has 62 heavy (non-hydrogen) atoms. The molecule has 0 aromatic heterocycles. The van der Waals surface area contributed by atoms with Gasteiger partial charge in [-0.2, -0.15) is 35.3 Å². The van der Waals surface area contributed by atoms with Crippen molar-refractivity contribution < 1.29 is 28.6 Å². The minimum atomic E-state index is -0.793. The lowest BCUT2D eigenvalue weighted by atomic mass is 10.1. The van der Waals surface area contributed by atoms with Crippen LogP contribution in [-0.2, 0) is 28.6 Å². The minimum absolute atomic E-state index is 0.114. The monoisotopic (exact) mass is 921 g/mol. The van der Waals surface area contributed by atoms with Crippen LogP contribution < -0.4 is 0 Å². The van der Waals surface area contributed by atoms with Crippen molar-refractivity contribution in [3.8, 4) is 35.5 Å². The molecule has 0 rings (SSSR count). The van der Waals surface area contributed by atoms with Crippen molar-refractivity contribution in [2.24, 2.45) is 0 Å². The smallest absolute Gasteiger partial charge is 0.316 e. The summed E-state index contributed by atoms with van der Waals surface area (Å²) >= 11 is 5.20. The van der Waals surface area contributed by atoms with Crippen molar-refractivity contribution in [1.29, 1.82) is 0 Å². The number of thioether (sulfide) groups is 3. The minimum Gasteiger partial charge on any atom is -0.461 e. The van der Waals surface area contributed by atoms with Crippen LogP contribution in [0.4, 0.5) is 0 Å². The Hall–Kier alpha value is -1.86. The van der Waals surface area contributed by atoms with Gasteiger partial charge in [-0.15, -0.1) is 35.5 Å². The molecule has 6 nitrogen and oxygen atoms in total. The van der Waals surface area contributed by atoms with E-state index in [0.717, 1.165) is 62.9 Å². The molecule has 0 N–H and O–H groups in total. The van der Waals surface area contributed by atoms with Crippen molar-refractivity contribution in [3.05, 3.63) is 0 Å². The molecule has 0 atom stereocenters. The van der Waals surface area contributed by atoms with Crippen molar-refractivity contribution in [2.75, 3.05) is 47.7 Å². The first-order valence-electron chi connectivity index (χ1n) is 25.0. The predicted octanol–water partition coefficient (Wildman–Crippen LogP) is 15.0. The fourth-order valence-corrected chi connectivity index (χ4v) is 8.64. The third-order valence-electron chi connectivity index (χ3n) is 9.76. The van der Waals surface area contributed by atoms with Gasteiger partial charge in [0, 0.05) is 45.4 Å². The molecule has 9 heteroatoms. The van der Waals surface area contributed by atoms with Crippen LogP contribution in [0.2, 0.25) is 0 Å². The summed E-state index contributed by atoms with van der Waals surface area (Å²) in [6.45, 7) is 9.59. The Kier molecular flexibility index (Phi) is 55.5. The van der Waals surface area contributed by atoms with Crippen LogP contribution in [-0.4, -0.2) is 71.7 Å². The molecule has 0 aliphatic heterocycles. The summed E-state index contributed by atoms with van der Waals surface area (Å²) in [6.07, 6.45) is 36.2. The summed E-state index contributed by atoms with van der Waals surface area (Å²) < 4.78 is 15.8. The van der Waals surface area contributed by atoms with Gasteiger partial charge >= 0.3 is 17.9 Å². The largest absolute Gasteiger partial charge is 0.461 e. The Morgan fingerprint density at radius 2 is 0.694 bits per heavy atom. The number of unbranched alkanes of at least 4 members (excludes halogenated alkanes) is 24. The van der Waals surface area contributed by atoms with E-state index in [1.165, 1.54) is 160 Å². The molecule has 0 unspecified atom stereocenters. The fourth-order valence-electron chi connectivity index (χ4n) is 6.34. The molecule has 0 saturated heterocycles. The highest BCUT2D eigenvalue weighted by Crippen LogP contribution is 2.15. The van der Waals surface area contributed by atoms with Crippen LogP contribution in [0.5, 0.6) is 0 Å². The number of rotatable bonds is 40. The summed E-state index contributed by atoms with van der Waals surface area (Å²) in [5.74, 6) is 22.8. The summed E-state index contributed by atoms with van der Waals surface area (Å²) in [4.78, 5) is 35.7. The molecule has 0 aliphatic rings. The zero-order valence-electron chi connectivity index (χ0n) is 40.6. The molecule has 0 fully saturated rings. The van der Waals surface area contributed by atoms with Crippen LogP contribution in [0, 0.1) is 35.5 Å². The number of carbonyl (C=O) groups is 3. The van der Waals surface area contributed by atoms with Gasteiger partial charge in [-0.3, -0.25) is 14.4 Å². The summed E-state index contributed by atoms with van der Waals surface area (Å²) in [5, 5.41) is 0. The van der Waals surface area contributed by atoms with Crippen LogP contribution >= 0.6 is 35.3 Å². The first-order chi connectivity index (χ1) is 30.4. The van der Waals surface area contributed by atoms with E-state index in [4.69, 9.17) is 14.2 Å². The van der Waals surface area contributed by atoms with Crippen LogP contribution in [0.25, 0.3) is 0 Å². The molecule has 0 saturated carbocycles. The van der Waals surface area contributed by atoms with Gasteiger partial charge < -0.3 is 14.2 Å². The highest BCUT2D eigenvalue weighted by Gasteiger charge is 2.18. The molecule has 0 aliphatic carbocycles. The maximum Gasteiger partial charge on any atom is 0.316 e. The second-order valence-electron chi connectivity index (χ2n) is 15.8. The molecule has 0 heterocycles. The quantitative estimate of drug-likeness (QED) is 0.0258. The average Bonchev–Trinajstić information content (AvgIpc) is 3.26. The van der Waals surface area contributed by atoms with Crippen molar-refractivity contribution in [2.45, 2.75) is 233 Å². The maximum absolute atomic E-state index is 12.1. The van der Waals surface area contributed by atoms with Crippen LogP contribution in [0.1, 0.15) is 227 Å². The van der Waals surface area contributed by atoms with E-state index in [-0.39, 0.29) is 36.7 Å². The van der Waals surface area contributed by atoms with E-state index in [0.29, 0.717) is 0 Å². The molecular weight excluding hydrogens is 829 g/mol. The number of esters is 3. The Morgan fingerprint density at radius 1 is 0.403 bits per heavy atom. The highest BCUT2D eigenvalue weighted by molar-refractivity contribution is 8.00. The maximum atomic E-state index is 12.1. The highest BCUT2D eigenvalue weighted by atomic mass is 32.2. The molecule has 0 aromatic carbocycles. The summed E-state index contributed by atoms with van der Waals surface area (Å²) in [6, 6.07) is 0. The van der Waals surface area contributed by atoms with E-state index in [1.807, 2.05) is 0 Å². The molecule has 0 aromatic rings. The van der Waals surface area contributed by atoms with Gasteiger partial charge in [-0.1, -0.05) is 143 Å². The lowest BCUT2D eigenvalue weighted by Crippen LogP contribution is -2.30. The zero-order chi connectivity index (χ0) is 45.7. The number of hydrogen-bond acceptors (Lipinski definition) is 9. The van der Waals surface area contributed by atoms with Crippen molar-refractivity contribution in [1.82, 2.24) is 0 Å². The Morgan fingerprint density at radius 3 is 0.984 bits per heavy atom. The zero-order valence-corrected chi connectivity index (χ0v) is 43.1. The Labute approximate surface area is 396 Å². The second kappa shape index (κ2) is 55.3. The van der Waals surface area contributed by atoms with E-state index < -0.39 is 12.1 Å². The molecule has 358 valence electrons. The first kappa shape index (κ1) is 62.2. The van der Waals surface area contributed by atoms with E-state index in [9.17, 15) is 14.4 Å². The third kappa shape index (κ3) is 56.2. The van der Waals surface area contributed by atoms with Gasteiger partial charge in [0.05, 0.1) is 11.5 Å². The van der Waals surface area contributed by atoms with Crippen LogP contribution in [0.3, 0.4) is 0 Å². The molecular formula is C53H92O6S3. The Bertz CT molecular complexity index is 1130. The normalized spacial score (nSPS) is 10.4. The molecule has 0 bridgehead atoms. The van der Waals surface area contributed by atoms with E-state index in [1.54, 1.807) is 23.5 Å².